The van der Waals surface area contributed by atoms with Crippen LogP contribution in [-0.4, -0.2) is 43.2 Å². The zero-order valence-electron chi connectivity index (χ0n) is 15.2. The molecule has 144 valence electrons. The maximum atomic E-state index is 12.2. The molecule has 4 nitrogen and oxygen atoms in total. The molecular weight excluding hydrogens is 388 g/mol. The molecule has 0 aliphatic carbocycles. The van der Waals surface area contributed by atoms with E-state index in [2.05, 4.69) is 10.2 Å². The number of hydrogen-bond donors (Lipinski definition) is 1. The van der Waals surface area contributed by atoms with E-state index in [1.165, 1.54) is 18.6 Å². The molecule has 1 amide bonds. The molecule has 1 aromatic carbocycles. The number of anilines is 1. The van der Waals surface area contributed by atoms with Crippen LogP contribution in [0.25, 0.3) is 0 Å². The van der Waals surface area contributed by atoms with Crippen molar-refractivity contribution in [3.63, 3.8) is 0 Å². The monoisotopic (exact) mass is 414 g/mol. The SMILES string of the molecule is COc1ccc(Cl)cc1N1CCC(NC(=O)CCCCC2CCSS2)C1. The Bertz CT molecular complexity index is 611. The van der Waals surface area contributed by atoms with Gasteiger partial charge < -0.3 is 15.0 Å². The highest BCUT2D eigenvalue weighted by Crippen LogP contribution is 2.40. The first kappa shape index (κ1) is 20.0. The molecule has 1 aromatic rings. The van der Waals surface area contributed by atoms with Crippen LogP contribution in [0.1, 0.15) is 38.5 Å². The maximum Gasteiger partial charge on any atom is 0.220 e. The van der Waals surface area contributed by atoms with E-state index in [0.717, 1.165) is 49.0 Å². The molecule has 0 saturated carbocycles. The van der Waals surface area contributed by atoms with Crippen LogP contribution >= 0.6 is 33.2 Å². The Morgan fingerprint density at radius 2 is 2.27 bits per heavy atom. The van der Waals surface area contributed by atoms with Gasteiger partial charge in [-0.2, -0.15) is 0 Å². The summed E-state index contributed by atoms with van der Waals surface area (Å²) in [5.41, 5.74) is 1.00. The van der Waals surface area contributed by atoms with Crippen molar-refractivity contribution < 1.29 is 9.53 Å². The van der Waals surface area contributed by atoms with Gasteiger partial charge in [-0.3, -0.25) is 4.79 Å². The Morgan fingerprint density at radius 3 is 3.04 bits per heavy atom. The number of carbonyl (C=O) groups excluding carboxylic acids is 1. The first-order valence-electron chi connectivity index (χ1n) is 9.32. The number of ether oxygens (including phenoxy) is 1. The lowest BCUT2D eigenvalue weighted by Gasteiger charge is -2.21. The molecule has 2 unspecified atom stereocenters. The van der Waals surface area contributed by atoms with Crippen LogP contribution in [0, 0.1) is 0 Å². The third-order valence-electron chi connectivity index (χ3n) is 4.94. The Hall–Kier alpha value is -0.720. The molecule has 1 N–H and O–H groups in total. The second kappa shape index (κ2) is 10.00. The van der Waals surface area contributed by atoms with Gasteiger partial charge in [0.25, 0.3) is 0 Å². The predicted octanol–water partition coefficient (Wildman–Crippen LogP) is 4.76. The lowest BCUT2D eigenvalue weighted by Crippen LogP contribution is -2.37. The van der Waals surface area contributed by atoms with Crippen LogP contribution in [0.4, 0.5) is 5.69 Å². The molecular formula is C19H27ClN2O2S2. The second-order valence-corrected chi connectivity index (χ2v) is 10.1. The lowest BCUT2D eigenvalue weighted by atomic mass is 10.1. The first-order valence-corrected chi connectivity index (χ1v) is 12.1. The summed E-state index contributed by atoms with van der Waals surface area (Å²) in [7, 11) is 5.68. The molecule has 2 aliphatic rings. The Labute approximate surface area is 169 Å². The van der Waals surface area contributed by atoms with E-state index in [9.17, 15) is 4.79 Å². The molecule has 0 radical (unpaired) electrons. The van der Waals surface area contributed by atoms with Gasteiger partial charge in [0.15, 0.2) is 0 Å². The quantitative estimate of drug-likeness (QED) is 0.490. The molecule has 26 heavy (non-hydrogen) atoms. The van der Waals surface area contributed by atoms with E-state index < -0.39 is 0 Å². The van der Waals surface area contributed by atoms with Gasteiger partial charge in [-0.1, -0.05) is 39.6 Å². The number of hydrogen-bond acceptors (Lipinski definition) is 5. The van der Waals surface area contributed by atoms with E-state index >= 15 is 0 Å². The predicted molar refractivity (Wildman–Crippen MR) is 114 cm³/mol. The average molecular weight is 415 g/mol. The van der Waals surface area contributed by atoms with Crippen molar-refractivity contribution in [2.75, 3.05) is 30.9 Å². The van der Waals surface area contributed by atoms with Crippen LogP contribution in [-0.2, 0) is 4.79 Å². The smallest absolute Gasteiger partial charge is 0.220 e. The van der Waals surface area contributed by atoms with Gasteiger partial charge in [-0.05, 0) is 43.9 Å². The van der Waals surface area contributed by atoms with Crippen LogP contribution in [0.15, 0.2) is 18.2 Å². The van der Waals surface area contributed by atoms with Gasteiger partial charge in [-0.15, -0.1) is 0 Å². The number of nitrogens with zero attached hydrogens (tertiary/aromatic N) is 1. The fourth-order valence-electron chi connectivity index (χ4n) is 3.53. The van der Waals surface area contributed by atoms with Gasteiger partial charge in [0.1, 0.15) is 5.75 Å². The van der Waals surface area contributed by atoms with Crippen LogP contribution < -0.4 is 15.0 Å². The highest BCUT2D eigenvalue weighted by atomic mass is 35.5. The van der Waals surface area contributed by atoms with Crippen molar-refractivity contribution in [1.82, 2.24) is 5.32 Å². The number of halogens is 1. The van der Waals surface area contributed by atoms with Crippen molar-refractivity contribution in [1.29, 1.82) is 0 Å². The molecule has 2 saturated heterocycles. The maximum absolute atomic E-state index is 12.2. The van der Waals surface area contributed by atoms with Gasteiger partial charge in [0.05, 0.1) is 12.8 Å². The summed E-state index contributed by atoms with van der Waals surface area (Å²) in [5, 5.41) is 4.70. The summed E-state index contributed by atoms with van der Waals surface area (Å²) in [6.45, 7) is 1.70. The minimum Gasteiger partial charge on any atom is -0.495 e. The molecule has 2 fully saturated rings. The third kappa shape index (κ3) is 5.64. The first-order chi connectivity index (χ1) is 12.7. The summed E-state index contributed by atoms with van der Waals surface area (Å²) < 4.78 is 5.45. The summed E-state index contributed by atoms with van der Waals surface area (Å²) in [5.74, 6) is 2.29. The van der Waals surface area contributed by atoms with Crippen molar-refractivity contribution in [2.45, 2.75) is 49.8 Å². The third-order valence-corrected chi connectivity index (χ3v) is 8.18. The normalized spacial score (nSPS) is 22.6. The van der Waals surface area contributed by atoms with E-state index in [1.54, 1.807) is 7.11 Å². The van der Waals surface area contributed by atoms with Crippen molar-refractivity contribution in [3.05, 3.63) is 23.2 Å². The number of methoxy groups -OCH3 is 1. The van der Waals surface area contributed by atoms with Crippen LogP contribution in [0.2, 0.25) is 5.02 Å². The topological polar surface area (TPSA) is 41.6 Å². The fourth-order valence-corrected chi connectivity index (χ4v) is 6.72. The number of carbonyl (C=O) groups is 1. The van der Waals surface area contributed by atoms with Crippen molar-refractivity contribution in [3.8, 4) is 5.75 Å². The fraction of sp³-hybridized carbons (Fsp3) is 0.632. The second-order valence-electron chi connectivity index (χ2n) is 6.89. The Balaban J connectivity index is 1.40. The lowest BCUT2D eigenvalue weighted by molar-refractivity contribution is -0.121. The molecule has 2 heterocycles. The number of benzene rings is 1. The standard InChI is InChI=1S/C19H27ClN2O2S2/c1-24-18-7-6-14(20)12-17(18)22-10-8-15(13-22)21-19(23)5-3-2-4-16-9-11-25-26-16/h6-7,12,15-16H,2-5,8-11,13H2,1H3,(H,21,23). The average Bonchev–Trinajstić information content (AvgIpc) is 3.30. The molecule has 0 bridgehead atoms. The Kier molecular flexibility index (Phi) is 7.70. The summed E-state index contributed by atoms with van der Waals surface area (Å²) in [6.07, 6.45) is 6.32. The summed E-state index contributed by atoms with van der Waals surface area (Å²) >= 11 is 6.14. The minimum atomic E-state index is 0.184. The number of unbranched alkanes of at least 4 members (excludes halogenated alkanes) is 1. The van der Waals surface area contributed by atoms with Gasteiger partial charge in [0.2, 0.25) is 5.91 Å². The zero-order valence-corrected chi connectivity index (χ0v) is 17.6. The number of amides is 1. The molecule has 7 heteroatoms. The van der Waals surface area contributed by atoms with E-state index in [0.29, 0.717) is 11.4 Å². The molecule has 2 aliphatic heterocycles. The van der Waals surface area contributed by atoms with E-state index in [4.69, 9.17) is 16.3 Å². The highest BCUT2D eigenvalue weighted by Gasteiger charge is 2.26. The summed E-state index contributed by atoms with van der Waals surface area (Å²) in [6, 6.07) is 5.87. The number of rotatable bonds is 8. The van der Waals surface area contributed by atoms with E-state index in [-0.39, 0.29) is 11.9 Å². The van der Waals surface area contributed by atoms with Crippen LogP contribution in [0.3, 0.4) is 0 Å². The largest absolute Gasteiger partial charge is 0.495 e. The summed E-state index contributed by atoms with van der Waals surface area (Å²) in [4.78, 5) is 14.5. The van der Waals surface area contributed by atoms with Crippen LogP contribution in [0.5, 0.6) is 5.75 Å². The van der Waals surface area contributed by atoms with Crippen molar-refractivity contribution in [2.24, 2.45) is 0 Å². The molecule has 0 aromatic heterocycles. The molecule has 0 spiro atoms. The van der Waals surface area contributed by atoms with Gasteiger partial charge in [-0.25, -0.2) is 0 Å². The molecule has 2 atom stereocenters. The highest BCUT2D eigenvalue weighted by molar-refractivity contribution is 8.77. The van der Waals surface area contributed by atoms with E-state index in [1.807, 2.05) is 39.8 Å². The molecule has 3 rings (SSSR count). The Morgan fingerprint density at radius 1 is 1.38 bits per heavy atom. The number of nitrogens with one attached hydrogen (secondary N) is 1. The van der Waals surface area contributed by atoms with Crippen molar-refractivity contribution >= 4 is 44.8 Å². The zero-order chi connectivity index (χ0) is 18.4. The van der Waals surface area contributed by atoms with Gasteiger partial charge >= 0.3 is 0 Å². The van der Waals surface area contributed by atoms with Gasteiger partial charge in [0, 0.05) is 41.6 Å². The minimum absolute atomic E-state index is 0.184.